The number of hydrogen-bond donors (Lipinski definition) is 1. The molecule has 3 atom stereocenters. The normalized spacial score (nSPS) is 28.8. The highest BCUT2D eigenvalue weighted by molar-refractivity contribution is 5.89. The molecule has 5 nitrogen and oxygen atoms in total. The number of carbonyl (C=O) groups excluding carboxylic acids is 2. The van der Waals surface area contributed by atoms with Crippen molar-refractivity contribution in [3.63, 3.8) is 0 Å². The number of nitrogens with one attached hydrogen (secondary N) is 1. The molecule has 110 valence electrons. The number of Topliss-reactive ketones (excluding diaryl/α,β-unsaturated/α-hetero) is 1. The van der Waals surface area contributed by atoms with Gasteiger partial charge in [-0.1, -0.05) is 13.8 Å². The van der Waals surface area contributed by atoms with Gasteiger partial charge in [0.15, 0.2) is 5.78 Å². The highest BCUT2D eigenvalue weighted by atomic mass is 16.5. The SMILES string of the molecule is COC(=O)NC(C(=O)C(C)C)C1C[C@@H](C)O[C@H](C)C1. The van der Waals surface area contributed by atoms with Crippen LogP contribution in [0.4, 0.5) is 4.79 Å². The Hall–Kier alpha value is -1.10. The fraction of sp³-hybridized carbons (Fsp3) is 0.857. The monoisotopic (exact) mass is 271 g/mol. The molecule has 0 aliphatic carbocycles. The maximum Gasteiger partial charge on any atom is 0.407 e. The molecule has 0 aromatic heterocycles. The number of ketones is 1. The van der Waals surface area contributed by atoms with E-state index in [1.807, 2.05) is 27.7 Å². The Morgan fingerprint density at radius 2 is 1.74 bits per heavy atom. The minimum Gasteiger partial charge on any atom is -0.453 e. The average molecular weight is 271 g/mol. The van der Waals surface area contributed by atoms with Gasteiger partial charge in [-0.3, -0.25) is 4.79 Å². The van der Waals surface area contributed by atoms with Gasteiger partial charge in [0, 0.05) is 5.92 Å². The minimum atomic E-state index is -0.550. The summed E-state index contributed by atoms with van der Waals surface area (Å²) in [5.74, 6) is 0.0417. The summed E-state index contributed by atoms with van der Waals surface area (Å²) >= 11 is 0. The van der Waals surface area contributed by atoms with E-state index < -0.39 is 12.1 Å². The first-order valence-electron chi connectivity index (χ1n) is 6.88. The smallest absolute Gasteiger partial charge is 0.407 e. The van der Waals surface area contributed by atoms with Gasteiger partial charge in [0.25, 0.3) is 0 Å². The van der Waals surface area contributed by atoms with Crippen LogP contribution < -0.4 is 5.32 Å². The van der Waals surface area contributed by atoms with Crippen LogP contribution in [0.25, 0.3) is 0 Å². The second-order valence-corrected chi connectivity index (χ2v) is 5.66. The lowest BCUT2D eigenvalue weighted by atomic mass is 9.82. The second kappa shape index (κ2) is 6.89. The van der Waals surface area contributed by atoms with Crippen molar-refractivity contribution in [1.29, 1.82) is 0 Å². The number of carbonyl (C=O) groups is 2. The molecular weight excluding hydrogens is 246 g/mol. The highest BCUT2D eigenvalue weighted by Gasteiger charge is 2.36. The molecule has 19 heavy (non-hydrogen) atoms. The van der Waals surface area contributed by atoms with Crippen LogP contribution in [0.3, 0.4) is 0 Å². The van der Waals surface area contributed by atoms with E-state index in [-0.39, 0.29) is 29.8 Å². The molecule has 1 aliphatic rings. The van der Waals surface area contributed by atoms with Gasteiger partial charge in [-0.05, 0) is 32.6 Å². The van der Waals surface area contributed by atoms with Gasteiger partial charge in [0.2, 0.25) is 0 Å². The summed E-state index contributed by atoms with van der Waals surface area (Å²) in [5, 5.41) is 2.69. The molecule has 0 radical (unpaired) electrons. The molecule has 1 amide bonds. The number of methoxy groups -OCH3 is 1. The van der Waals surface area contributed by atoms with Crippen LogP contribution in [-0.2, 0) is 14.3 Å². The Morgan fingerprint density at radius 1 is 1.21 bits per heavy atom. The van der Waals surface area contributed by atoms with Crippen molar-refractivity contribution in [3.05, 3.63) is 0 Å². The van der Waals surface area contributed by atoms with Gasteiger partial charge in [-0.25, -0.2) is 4.79 Å². The van der Waals surface area contributed by atoms with Crippen molar-refractivity contribution in [2.24, 2.45) is 11.8 Å². The maximum absolute atomic E-state index is 12.3. The van der Waals surface area contributed by atoms with E-state index in [2.05, 4.69) is 10.1 Å². The van der Waals surface area contributed by atoms with Gasteiger partial charge in [-0.2, -0.15) is 0 Å². The molecule has 1 heterocycles. The zero-order valence-electron chi connectivity index (χ0n) is 12.4. The van der Waals surface area contributed by atoms with E-state index in [1.54, 1.807) is 0 Å². The third kappa shape index (κ3) is 4.49. The first-order chi connectivity index (χ1) is 8.85. The third-order valence-corrected chi connectivity index (χ3v) is 3.54. The van der Waals surface area contributed by atoms with Crippen LogP contribution in [0.5, 0.6) is 0 Å². The van der Waals surface area contributed by atoms with Crippen molar-refractivity contribution in [3.8, 4) is 0 Å². The summed E-state index contributed by atoms with van der Waals surface area (Å²) in [7, 11) is 1.31. The minimum absolute atomic E-state index is 0.0525. The lowest BCUT2D eigenvalue weighted by Crippen LogP contribution is -2.50. The van der Waals surface area contributed by atoms with Crippen molar-refractivity contribution in [1.82, 2.24) is 5.32 Å². The van der Waals surface area contributed by atoms with E-state index in [0.29, 0.717) is 0 Å². The van der Waals surface area contributed by atoms with Gasteiger partial charge in [0.05, 0.1) is 25.4 Å². The van der Waals surface area contributed by atoms with Crippen molar-refractivity contribution in [2.45, 2.75) is 58.8 Å². The van der Waals surface area contributed by atoms with Gasteiger partial charge >= 0.3 is 6.09 Å². The van der Waals surface area contributed by atoms with Crippen LogP contribution in [-0.4, -0.2) is 37.2 Å². The Balaban J connectivity index is 2.82. The van der Waals surface area contributed by atoms with Crippen LogP contribution in [0.2, 0.25) is 0 Å². The van der Waals surface area contributed by atoms with Crippen LogP contribution in [0.15, 0.2) is 0 Å². The third-order valence-electron chi connectivity index (χ3n) is 3.54. The number of ether oxygens (including phenoxy) is 2. The molecule has 0 saturated carbocycles. The number of alkyl carbamates (subject to hydrolysis) is 1. The molecule has 0 aromatic carbocycles. The van der Waals surface area contributed by atoms with Crippen LogP contribution in [0.1, 0.15) is 40.5 Å². The van der Waals surface area contributed by atoms with Gasteiger partial charge in [0.1, 0.15) is 0 Å². The van der Waals surface area contributed by atoms with Crippen molar-refractivity contribution >= 4 is 11.9 Å². The number of amides is 1. The fourth-order valence-electron chi connectivity index (χ4n) is 2.70. The molecule has 1 fully saturated rings. The zero-order valence-corrected chi connectivity index (χ0v) is 12.4. The predicted molar refractivity (Wildman–Crippen MR) is 71.9 cm³/mol. The lowest BCUT2D eigenvalue weighted by Gasteiger charge is -2.36. The maximum atomic E-state index is 12.3. The van der Waals surface area contributed by atoms with E-state index in [0.717, 1.165) is 12.8 Å². The summed E-state index contributed by atoms with van der Waals surface area (Å²) in [6.45, 7) is 7.69. The molecule has 1 saturated heterocycles. The van der Waals surface area contributed by atoms with E-state index in [1.165, 1.54) is 7.11 Å². The zero-order chi connectivity index (χ0) is 14.6. The quantitative estimate of drug-likeness (QED) is 0.850. The second-order valence-electron chi connectivity index (χ2n) is 5.66. The van der Waals surface area contributed by atoms with Crippen LogP contribution in [0, 0.1) is 11.8 Å². The molecule has 1 aliphatic heterocycles. The lowest BCUT2D eigenvalue weighted by molar-refractivity contribution is -0.128. The van der Waals surface area contributed by atoms with Crippen molar-refractivity contribution in [2.75, 3.05) is 7.11 Å². The van der Waals surface area contributed by atoms with E-state index in [9.17, 15) is 9.59 Å². The Kier molecular flexibility index (Phi) is 5.79. The van der Waals surface area contributed by atoms with Crippen LogP contribution >= 0.6 is 0 Å². The summed E-state index contributed by atoms with van der Waals surface area (Å²) in [6, 6.07) is -0.485. The molecule has 1 unspecified atom stereocenters. The summed E-state index contributed by atoms with van der Waals surface area (Å²) in [4.78, 5) is 23.7. The largest absolute Gasteiger partial charge is 0.453 e. The van der Waals surface area contributed by atoms with E-state index in [4.69, 9.17) is 4.74 Å². The summed E-state index contributed by atoms with van der Waals surface area (Å²) in [5.41, 5.74) is 0. The Bertz CT molecular complexity index is 319. The number of hydrogen-bond acceptors (Lipinski definition) is 4. The van der Waals surface area contributed by atoms with Crippen molar-refractivity contribution < 1.29 is 19.1 Å². The standard InChI is InChI=1S/C14H25NO4/c1-8(2)13(16)12(15-14(17)18-5)11-6-9(3)19-10(4)7-11/h8-12H,6-7H2,1-5H3,(H,15,17)/t9-,10-,12?/m1/s1. The van der Waals surface area contributed by atoms with Gasteiger partial charge in [-0.15, -0.1) is 0 Å². The molecule has 0 spiro atoms. The first kappa shape index (κ1) is 16.0. The molecule has 1 N–H and O–H groups in total. The average Bonchev–Trinajstić information content (AvgIpc) is 2.33. The Labute approximate surface area is 115 Å². The molecule has 1 rings (SSSR count). The summed E-state index contributed by atoms with van der Waals surface area (Å²) in [6.07, 6.45) is 1.21. The molecule has 0 bridgehead atoms. The highest BCUT2D eigenvalue weighted by Crippen LogP contribution is 2.28. The molecular formula is C14H25NO4. The summed E-state index contributed by atoms with van der Waals surface area (Å²) < 4.78 is 10.3. The fourth-order valence-corrected chi connectivity index (χ4v) is 2.70. The topological polar surface area (TPSA) is 64.6 Å². The van der Waals surface area contributed by atoms with E-state index >= 15 is 0 Å². The first-order valence-corrected chi connectivity index (χ1v) is 6.88. The van der Waals surface area contributed by atoms with Gasteiger partial charge < -0.3 is 14.8 Å². The number of rotatable bonds is 4. The molecule has 0 aromatic rings. The predicted octanol–water partition coefficient (Wildman–Crippen LogP) is 2.14. The molecule has 5 heteroatoms. The Morgan fingerprint density at radius 3 is 2.16 bits per heavy atom.